The molecule has 4 rings (SSSR count). The summed E-state index contributed by atoms with van der Waals surface area (Å²) in [7, 11) is 1.95. The van der Waals surface area contributed by atoms with Crippen molar-refractivity contribution < 1.29 is 4.79 Å². The molecule has 1 aliphatic rings. The van der Waals surface area contributed by atoms with Crippen LogP contribution in [0.5, 0.6) is 0 Å². The fourth-order valence-corrected chi connectivity index (χ4v) is 3.38. The van der Waals surface area contributed by atoms with Crippen molar-refractivity contribution in [3.63, 3.8) is 0 Å². The number of hydrogen-bond acceptors (Lipinski definition) is 2. The maximum atomic E-state index is 12.2. The molecule has 4 heteroatoms. The van der Waals surface area contributed by atoms with Gasteiger partial charge in [0.25, 0.3) is 5.91 Å². The highest BCUT2D eigenvalue weighted by Gasteiger charge is 2.21. The Bertz CT molecular complexity index is 878. The summed E-state index contributed by atoms with van der Waals surface area (Å²) in [5, 5.41) is 6.15. The molecule has 0 fully saturated rings. The lowest BCUT2D eigenvalue weighted by atomic mass is 9.99. The van der Waals surface area contributed by atoms with Gasteiger partial charge in [-0.15, -0.1) is 0 Å². The van der Waals surface area contributed by atoms with Gasteiger partial charge in [0.15, 0.2) is 0 Å². The number of rotatable bonds is 3. The molecule has 0 unspecified atom stereocenters. The van der Waals surface area contributed by atoms with Crippen LogP contribution >= 0.6 is 0 Å². The van der Waals surface area contributed by atoms with Crippen LogP contribution in [0.4, 0.5) is 0 Å². The summed E-state index contributed by atoms with van der Waals surface area (Å²) in [5.41, 5.74) is 6.73. The molecule has 0 aliphatic carbocycles. The number of aromatic nitrogens is 1. The fourth-order valence-electron chi connectivity index (χ4n) is 3.38. The molecule has 3 aromatic rings. The number of carbonyl (C=O) groups is 1. The largest absolute Gasteiger partial charge is 0.352 e. The second kappa shape index (κ2) is 5.56. The Labute approximate surface area is 135 Å². The molecule has 1 amide bonds. The van der Waals surface area contributed by atoms with Gasteiger partial charge < -0.3 is 15.0 Å². The Morgan fingerprint density at radius 2 is 2.00 bits per heavy atom. The monoisotopic (exact) mass is 305 g/mol. The summed E-state index contributed by atoms with van der Waals surface area (Å²) in [4.78, 5) is 12.2. The Balaban J connectivity index is 1.89. The zero-order valence-corrected chi connectivity index (χ0v) is 13.1. The number of nitrogens with one attached hydrogen (secondary N) is 2. The molecule has 23 heavy (non-hydrogen) atoms. The lowest BCUT2D eigenvalue weighted by Crippen LogP contribution is -2.23. The van der Waals surface area contributed by atoms with E-state index in [9.17, 15) is 4.79 Å². The lowest BCUT2D eigenvalue weighted by molar-refractivity contribution is 0.0957. The van der Waals surface area contributed by atoms with E-state index in [1.54, 1.807) is 0 Å². The predicted octanol–water partition coefficient (Wildman–Crippen LogP) is 2.61. The highest BCUT2D eigenvalue weighted by atomic mass is 16.1. The molecular weight excluding hydrogens is 286 g/mol. The number of benzene rings is 1. The van der Waals surface area contributed by atoms with Crippen molar-refractivity contribution in [2.24, 2.45) is 0 Å². The Kier molecular flexibility index (Phi) is 3.39. The third kappa shape index (κ3) is 2.32. The van der Waals surface area contributed by atoms with Crippen molar-refractivity contribution in [3.8, 4) is 11.1 Å². The van der Waals surface area contributed by atoms with E-state index in [2.05, 4.69) is 45.5 Å². The van der Waals surface area contributed by atoms with Crippen LogP contribution in [0.25, 0.3) is 16.6 Å². The van der Waals surface area contributed by atoms with E-state index in [0.717, 1.165) is 24.0 Å². The zero-order chi connectivity index (χ0) is 15.8. The van der Waals surface area contributed by atoms with Crippen molar-refractivity contribution >= 4 is 11.4 Å². The number of hydrogen-bond donors (Lipinski definition) is 2. The Morgan fingerprint density at radius 3 is 2.78 bits per heavy atom. The summed E-state index contributed by atoms with van der Waals surface area (Å²) in [5.74, 6) is 0.0170. The van der Waals surface area contributed by atoms with Gasteiger partial charge in [0.05, 0.1) is 11.1 Å². The van der Waals surface area contributed by atoms with Crippen molar-refractivity contribution in [2.75, 3.05) is 13.6 Å². The predicted molar refractivity (Wildman–Crippen MR) is 91.6 cm³/mol. The highest BCUT2D eigenvalue weighted by Crippen LogP contribution is 2.32. The van der Waals surface area contributed by atoms with Crippen LogP contribution in [0.15, 0.2) is 48.8 Å². The van der Waals surface area contributed by atoms with Crippen LogP contribution in [0, 0.1) is 0 Å². The minimum atomic E-state index is 0.0170. The van der Waals surface area contributed by atoms with Crippen LogP contribution in [-0.4, -0.2) is 23.9 Å². The molecule has 116 valence electrons. The van der Waals surface area contributed by atoms with Gasteiger partial charge in [0.2, 0.25) is 0 Å². The first-order valence-electron chi connectivity index (χ1n) is 7.92. The van der Waals surface area contributed by atoms with Gasteiger partial charge in [-0.2, -0.15) is 0 Å². The van der Waals surface area contributed by atoms with Gasteiger partial charge in [0, 0.05) is 31.0 Å². The van der Waals surface area contributed by atoms with Crippen LogP contribution in [0.2, 0.25) is 0 Å². The quantitative estimate of drug-likeness (QED) is 0.781. The molecule has 3 heterocycles. The van der Waals surface area contributed by atoms with E-state index in [0.29, 0.717) is 6.54 Å². The lowest BCUT2D eigenvalue weighted by Gasteiger charge is -2.05. The molecule has 1 aliphatic heterocycles. The SMILES string of the molecule is CNCc1ccc(-c2cn3cccc4c3c2CCNC4=O)cc1. The molecule has 0 radical (unpaired) electrons. The van der Waals surface area contributed by atoms with Gasteiger partial charge in [-0.1, -0.05) is 24.3 Å². The minimum Gasteiger partial charge on any atom is -0.352 e. The Hall–Kier alpha value is -2.59. The smallest absolute Gasteiger partial charge is 0.253 e. The molecule has 0 bridgehead atoms. The summed E-state index contributed by atoms with van der Waals surface area (Å²) in [6, 6.07) is 12.5. The van der Waals surface area contributed by atoms with Gasteiger partial charge in [-0.3, -0.25) is 4.79 Å². The zero-order valence-electron chi connectivity index (χ0n) is 13.1. The van der Waals surface area contributed by atoms with E-state index in [4.69, 9.17) is 0 Å². The first-order chi connectivity index (χ1) is 11.3. The average molecular weight is 305 g/mol. The van der Waals surface area contributed by atoms with E-state index in [1.165, 1.54) is 22.3 Å². The first-order valence-corrected chi connectivity index (χ1v) is 7.92. The van der Waals surface area contributed by atoms with Gasteiger partial charge in [-0.25, -0.2) is 0 Å². The number of pyridine rings is 1. The third-order valence-corrected chi connectivity index (χ3v) is 4.45. The van der Waals surface area contributed by atoms with Crippen molar-refractivity contribution in [2.45, 2.75) is 13.0 Å². The minimum absolute atomic E-state index is 0.0170. The van der Waals surface area contributed by atoms with E-state index < -0.39 is 0 Å². The van der Waals surface area contributed by atoms with Crippen molar-refractivity contribution in [1.29, 1.82) is 0 Å². The van der Waals surface area contributed by atoms with Gasteiger partial charge in [0.1, 0.15) is 0 Å². The topological polar surface area (TPSA) is 45.5 Å². The number of nitrogens with zero attached hydrogens (tertiary/aromatic N) is 1. The van der Waals surface area contributed by atoms with E-state index in [-0.39, 0.29) is 5.91 Å². The summed E-state index contributed by atoms with van der Waals surface area (Å²) in [6.07, 6.45) is 5.01. The van der Waals surface area contributed by atoms with Crippen LogP contribution in [0.1, 0.15) is 21.5 Å². The molecule has 0 atom stereocenters. The standard InChI is InChI=1S/C19H19N3O/c1-20-11-13-4-6-14(7-5-13)17-12-22-10-2-3-16-18(22)15(17)8-9-21-19(16)23/h2-7,10,12,20H,8-9,11H2,1H3,(H,21,23). The molecule has 0 saturated heterocycles. The van der Waals surface area contributed by atoms with Crippen molar-refractivity contribution in [1.82, 2.24) is 15.0 Å². The van der Waals surface area contributed by atoms with Crippen LogP contribution in [0.3, 0.4) is 0 Å². The van der Waals surface area contributed by atoms with Gasteiger partial charge >= 0.3 is 0 Å². The highest BCUT2D eigenvalue weighted by molar-refractivity contribution is 6.03. The van der Waals surface area contributed by atoms with E-state index >= 15 is 0 Å². The van der Waals surface area contributed by atoms with Crippen molar-refractivity contribution in [3.05, 3.63) is 65.5 Å². The summed E-state index contributed by atoms with van der Waals surface area (Å²) < 4.78 is 2.08. The second-order valence-corrected chi connectivity index (χ2v) is 5.93. The van der Waals surface area contributed by atoms with Crippen LogP contribution in [-0.2, 0) is 13.0 Å². The molecule has 2 N–H and O–H groups in total. The number of carbonyl (C=O) groups excluding carboxylic acids is 1. The summed E-state index contributed by atoms with van der Waals surface area (Å²) in [6.45, 7) is 1.55. The first kappa shape index (κ1) is 14.0. The van der Waals surface area contributed by atoms with E-state index in [1.807, 2.05) is 25.4 Å². The Morgan fingerprint density at radius 1 is 1.17 bits per heavy atom. The maximum Gasteiger partial charge on any atom is 0.253 e. The molecule has 2 aromatic heterocycles. The van der Waals surface area contributed by atoms with Gasteiger partial charge in [-0.05, 0) is 42.3 Å². The molecule has 4 nitrogen and oxygen atoms in total. The molecule has 1 aromatic carbocycles. The molecule has 0 saturated carbocycles. The fraction of sp³-hybridized carbons (Fsp3) is 0.211. The average Bonchev–Trinajstić information content (AvgIpc) is 2.85. The van der Waals surface area contributed by atoms with Crippen LogP contribution < -0.4 is 10.6 Å². The normalized spacial score (nSPS) is 13.9. The summed E-state index contributed by atoms with van der Waals surface area (Å²) >= 11 is 0. The second-order valence-electron chi connectivity index (χ2n) is 5.93. The third-order valence-electron chi connectivity index (χ3n) is 4.45. The number of amides is 1. The molecule has 0 spiro atoms. The molecular formula is C19H19N3O. The maximum absolute atomic E-state index is 12.2.